The van der Waals surface area contributed by atoms with Crippen molar-refractivity contribution in [2.75, 3.05) is 0 Å². The lowest BCUT2D eigenvalue weighted by Crippen LogP contribution is -2.24. The molecule has 1 aromatic rings. The van der Waals surface area contributed by atoms with Crippen molar-refractivity contribution in [1.82, 2.24) is 0 Å². The van der Waals surface area contributed by atoms with Crippen LogP contribution < -0.4 is 0 Å². The van der Waals surface area contributed by atoms with Gasteiger partial charge in [-0.05, 0) is 17.2 Å². The Hall–Kier alpha value is -1.42. The van der Waals surface area contributed by atoms with Crippen LogP contribution in [0, 0.1) is 0 Å². The predicted molar refractivity (Wildman–Crippen MR) is 52.0 cm³/mol. The van der Waals surface area contributed by atoms with Crippen LogP contribution in [0.5, 0.6) is 0 Å². The Kier molecular flexibility index (Phi) is 4.24. The van der Waals surface area contributed by atoms with Crippen molar-refractivity contribution in [3.8, 4) is 0 Å². The van der Waals surface area contributed by atoms with Crippen LogP contribution in [0.3, 0.4) is 0 Å². The van der Waals surface area contributed by atoms with E-state index in [1.165, 1.54) is 0 Å². The Morgan fingerprint density at radius 1 is 1.33 bits per heavy atom. The largest absolute Gasteiger partial charge is 0.458 e. The topological polar surface area (TPSA) is 43.4 Å². The van der Waals surface area contributed by atoms with Crippen LogP contribution in [-0.4, -0.2) is 17.4 Å². The summed E-state index contributed by atoms with van der Waals surface area (Å²) in [6.07, 6.45) is -2.41. The molecule has 1 unspecified atom stereocenters. The third kappa shape index (κ3) is 3.67. The molecule has 0 aliphatic rings. The fourth-order valence-corrected chi connectivity index (χ4v) is 0.984. The summed E-state index contributed by atoms with van der Waals surface area (Å²) in [7, 11) is 0. The fourth-order valence-electron chi connectivity index (χ4n) is 0.895. The Bertz CT molecular complexity index is 353. The van der Waals surface area contributed by atoms with Crippen molar-refractivity contribution in [2.24, 2.45) is 0 Å². The average molecular weight is 231 g/mol. The molecule has 1 atom stereocenters. The maximum Gasteiger partial charge on any atom is 0.350 e. The number of halogens is 2. The molecule has 0 radical (unpaired) electrons. The molecule has 0 spiro atoms. The summed E-state index contributed by atoms with van der Waals surface area (Å²) in [5.74, 6) is -1.26. The number of rotatable bonds is 4. The molecule has 0 aliphatic carbocycles. The van der Waals surface area contributed by atoms with Crippen LogP contribution in [0.4, 0.5) is 4.39 Å². The molecule has 0 aliphatic heterocycles. The lowest BCUT2D eigenvalue weighted by Gasteiger charge is -2.05. The second-order valence-electron chi connectivity index (χ2n) is 2.76. The van der Waals surface area contributed by atoms with Gasteiger partial charge in [0, 0.05) is 0 Å². The molecule has 0 saturated carbocycles. The van der Waals surface area contributed by atoms with Crippen molar-refractivity contribution in [1.29, 1.82) is 0 Å². The van der Waals surface area contributed by atoms with Crippen LogP contribution in [0.15, 0.2) is 30.3 Å². The zero-order valence-electron chi connectivity index (χ0n) is 7.65. The van der Waals surface area contributed by atoms with E-state index in [0.29, 0.717) is 5.56 Å². The lowest BCUT2D eigenvalue weighted by atomic mass is 10.2. The summed E-state index contributed by atoms with van der Waals surface area (Å²) in [6.45, 7) is -0.0791. The lowest BCUT2D eigenvalue weighted by molar-refractivity contribution is -0.152. The number of carbonyl (C=O) groups excluding carboxylic acids is 2. The van der Waals surface area contributed by atoms with Crippen molar-refractivity contribution >= 4 is 22.8 Å². The molecular weight excluding hydrogens is 223 g/mol. The monoisotopic (exact) mass is 230 g/mol. The number of esters is 1. The molecule has 0 N–H and O–H groups in total. The summed E-state index contributed by atoms with van der Waals surface area (Å²) in [4.78, 5) is 21.1. The van der Waals surface area contributed by atoms with Crippen LogP contribution in [0.2, 0.25) is 0 Å². The highest BCUT2D eigenvalue weighted by molar-refractivity contribution is 6.66. The number of carbonyl (C=O) groups is 2. The summed E-state index contributed by atoms with van der Waals surface area (Å²) in [6, 6.07) is 8.73. The van der Waals surface area contributed by atoms with Gasteiger partial charge in [-0.1, -0.05) is 30.3 Å². The SMILES string of the molecule is O=C(Cl)C(F)C(=O)OCc1ccccc1. The maximum atomic E-state index is 12.7. The van der Waals surface area contributed by atoms with Crippen molar-refractivity contribution in [3.05, 3.63) is 35.9 Å². The molecule has 0 bridgehead atoms. The predicted octanol–water partition coefficient (Wildman–Crippen LogP) is 1.83. The van der Waals surface area contributed by atoms with Crippen LogP contribution in [-0.2, 0) is 20.9 Å². The number of hydrogen-bond acceptors (Lipinski definition) is 3. The third-order valence-corrected chi connectivity index (χ3v) is 1.82. The normalized spacial score (nSPS) is 11.9. The second kappa shape index (κ2) is 5.46. The summed E-state index contributed by atoms with van der Waals surface area (Å²) in [5.41, 5.74) is 0.708. The Morgan fingerprint density at radius 2 is 1.93 bits per heavy atom. The van der Waals surface area contributed by atoms with Gasteiger partial charge in [0.25, 0.3) is 11.4 Å². The van der Waals surface area contributed by atoms with Gasteiger partial charge in [0.05, 0.1) is 0 Å². The Labute approximate surface area is 90.8 Å². The first-order valence-electron chi connectivity index (χ1n) is 4.15. The fraction of sp³-hybridized carbons (Fsp3) is 0.200. The summed E-state index contributed by atoms with van der Waals surface area (Å²) >= 11 is 4.79. The van der Waals surface area contributed by atoms with E-state index in [0.717, 1.165) is 0 Å². The zero-order chi connectivity index (χ0) is 11.3. The summed E-state index contributed by atoms with van der Waals surface area (Å²) < 4.78 is 17.2. The first-order valence-corrected chi connectivity index (χ1v) is 4.53. The van der Waals surface area contributed by atoms with E-state index in [1.807, 2.05) is 0 Å². The molecule has 80 valence electrons. The van der Waals surface area contributed by atoms with Gasteiger partial charge >= 0.3 is 5.97 Å². The Balaban J connectivity index is 2.44. The van der Waals surface area contributed by atoms with Crippen LogP contribution >= 0.6 is 11.6 Å². The number of ether oxygens (including phenoxy) is 1. The molecule has 15 heavy (non-hydrogen) atoms. The third-order valence-electron chi connectivity index (χ3n) is 1.63. The smallest absolute Gasteiger partial charge is 0.350 e. The minimum Gasteiger partial charge on any atom is -0.458 e. The molecule has 0 aromatic heterocycles. The molecule has 0 fully saturated rings. The highest BCUT2D eigenvalue weighted by Gasteiger charge is 2.25. The molecule has 0 saturated heterocycles. The Morgan fingerprint density at radius 3 is 2.47 bits per heavy atom. The van der Waals surface area contributed by atoms with Gasteiger partial charge in [0.15, 0.2) is 0 Å². The van der Waals surface area contributed by atoms with Crippen molar-refractivity contribution < 1.29 is 18.7 Å². The van der Waals surface area contributed by atoms with E-state index in [9.17, 15) is 14.0 Å². The average Bonchev–Trinajstić information content (AvgIpc) is 2.26. The number of benzene rings is 1. The molecule has 0 amide bonds. The first kappa shape index (κ1) is 11.7. The first-order chi connectivity index (χ1) is 7.11. The quantitative estimate of drug-likeness (QED) is 0.450. The highest BCUT2D eigenvalue weighted by Crippen LogP contribution is 2.05. The van der Waals surface area contributed by atoms with Crippen LogP contribution in [0.1, 0.15) is 5.56 Å². The van der Waals surface area contributed by atoms with Crippen molar-refractivity contribution in [3.63, 3.8) is 0 Å². The standard InChI is InChI=1S/C10H8ClFO3/c11-9(13)8(12)10(14)15-6-7-4-2-1-3-5-7/h1-5,8H,6H2. The van der Waals surface area contributed by atoms with E-state index in [-0.39, 0.29) is 6.61 Å². The van der Waals surface area contributed by atoms with Crippen LogP contribution in [0.25, 0.3) is 0 Å². The second-order valence-corrected chi connectivity index (χ2v) is 3.13. The van der Waals surface area contributed by atoms with Gasteiger partial charge in [-0.15, -0.1) is 0 Å². The van der Waals surface area contributed by atoms with E-state index >= 15 is 0 Å². The van der Waals surface area contributed by atoms with Gasteiger partial charge in [0.2, 0.25) is 0 Å². The van der Waals surface area contributed by atoms with E-state index in [2.05, 4.69) is 4.74 Å². The van der Waals surface area contributed by atoms with Crippen molar-refractivity contribution in [2.45, 2.75) is 12.8 Å². The van der Waals surface area contributed by atoms with E-state index in [1.54, 1.807) is 30.3 Å². The van der Waals surface area contributed by atoms with Gasteiger partial charge in [0.1, 0.15) is 6.61 Å². The summed E-state index contributed by atoms with van der Waals surface area (Å²) in [5, 5.41) is -1.37. The van der Waals surface area contributed by atoms with Gasteiger partial charge in [-0.25, -0.2) is 9.18 Å². The van der Waals surface area contributed by atoms with E-state index in [4.69, 9.17) is 11.6 Å². The molecule has 1 rings (SSSR count). The molecule has 1 aromatic carbocycles. The highest BCUT2D eigenvalue weighted by atomic mass is 35.5. The molecule has 3 nitrogen and oxygen atoms in total. The minimum absolute atomic E-state index is 0.0791. The maximum absolute atomic E-state index is 12.7. The molecular formula is C10H8ClFO3. The number of hydrogen-bond donors (Lipinski definition) is 0. The van der Waals surface area contributed by atoms with Gasteiger partial charge < -0.3 is 4.74 Å². The minimum atomic E-state index is -2.41. The number of alkyl halides is 1. The van der Waals surface area contributed by atoms with E-state index < -0.39 is 17.4 Å². The molecule has 0 heterocycles. The molecule has 5 heteroatoms. The van der Waals surface area contributed by atoms with Gasteiger partial charge in [-0.3, -0.25) is 4.79 Å². The van der Waals surface area contributed by atoms with Gasteiger partial charge in [-0.2, -0.15) is 0 Å². The zero-order valence-corrected chi connectivity index (χ0v) is 8.41.